The minimum atomic E-state index is -0.870. The molecule has 1 saturated heterocycles. The van der Waals surface area contributed by atoms with E-state index in [1.54, 1.807) is 0 Å². The van der Waals surface area contributed by atoms with Crippen LogP contribution in [0.1, 0.15) is 46.5 Å². The fourth-order valence-corrected chi connectivity index (χ4v) is 3.09. The number of hydrogen-bond acceptors (Lipinski definition) is 4. The molecule has 22 heavy (non-hydrogen) atoms. The van der Waals surface area contributed by atoms with E-state index in [1.165, 1.54) is 0 Å². The van der Waals surface area contributed by atoms with Gasteiger partial charge in [0.15, 0.2) is 0 Å². The molecule has 1 unspecified atom stereocenters. The third-order valence-corrected chi connectivity index (χ3v) is 5.08. The molecular formula is C15H26N4O3. The molecular weight excluding hydrogens is 284 g/mol. The lowest BCUT2D eigenvalue weighted by atomic mass is 9.93. The van der Waals surface area contributed by atoms with E-state index in [0.29, 0.717) is 25.3 Å². The molecule has 0 spiro atoms. The van der Waals surface area contributed by atoms with Crippen molar-refractivity contribution in [1.82, 2.24) is 15.5 Å². The Kier molecular flexibility index (Phi) is 4.47. The van der Waals surface area contributed by atoms with Crippen molar-refractivity contribution in [2.24, 2.45) is 11.7 Å². The molecule has 0 bridgehead atoms. The van der Waals surface area contributed by atoms with Crippen LogP contribution in [0.4, 0.5) is 4.79 Å². The lowest BCUT2D eigenvalue weighted by molar-refractivity contribution is -0.135. The fourth-order valence-electron chi connectivity index (χ4n) is 3.09. The average molecular weight is 310 g/mol. The minimum absolute atomic E-state index is 0.255. The van der Waals surface area contributed by atoms with E-state index in [4.69, 9.17) is 5.73 Å². The van der Waals surface area contributed by atoms with Crippen LogP contribution in [0, 0.1) is 5.92 Å². The molecule has 1 aliphatic heterocycles. The zero-order chi connectivity index (χ0) is 16.5. The van der Waals surface area contributed by atoms with E-state index in [2.05, 4.69) is 10.6 Å². The van der Waals surface area contributed by atoms with Crippen molar-refractivity contribution in [3.05, 3.63) is 0 Å². The second kappa shape index (κ2) is 5.87. The maximum atomic E-state index is 12.5. The van der Waals surface area contributed by atoms with Crippen LogP contribution < -0.4 is 16.4 Å². The topological polar surface area (TPSA) is 105 Å². The summed E-state index contributed by atoms with van der Waals surface area (Å²) in [7, 11) is 0. The lowest BCUT2D eigenvalue weighted by Gasteiger charge is -2.30. The van der Waals surface area contributed by atoms with Gasteiger partial charge in [-0.2, -0.15) is 0 Å². The van der Waals surface area contributed by atoms with Crippen molar-refractivity contribution >= 4 is 17.8 Å². The maximum Gasteiger partial charge on any atom is 0.325 e. The third-order valence-electron chi connectivity index (χ3n) is 5.08. The van der Waals surface area contributed by atoms with Gasteiger partial charge < -0.3 is 16.4 Å². The molecule has 2 aliphatic rings. The molecule has 2 fully saturated rings. The van der Waals surface area contributed by atoms with Gasteiger partial charge in [-0.15, -0.1) is 0 Å². The largest absolute Gasteiger partial charge is 0.348 e. The Balaban J connectivity index is 2.02. The number of nitrogens with two attached hydrogens (primary N) is 1. The summed E-state index contributed by atoms with van der Waals surface area (Å²) >= 11 is 0. The summed E-state index contributed by atoms with van der Waals surface area (Å²) in [5.74, 6) is -0.278. The summed E-state index contributed by atoms with van der Waals surface area (Å²) in [6.45, 7) is 5.70. The molecule has 1 saturated carbocycles. The quantitative estimate of drug-likeness (QED) is 0.590. The number of amides is 4. The van der Waals surface area contributed by atoms with Crippen molar-refractivity contribution in [3.63, 3.8) is 0 Å². The molecule has 4 N–H and O–H groups in total. The summed E-state index contributed by atoms with van der Waals surface area (Å²) in [4.78, 5) is 37.7. The molecule has 1 aliphatic carbocycles. The molecule has 1 atom stereocenters. The zero-order valence-electron chi connectivity index (χ0n) is 13.6. The molecule has 0 aromatic rings. The second-order valence-corrected chi connectivity index (χ2v) is 6.55. The van der Waals surface area contributed by atoms with E-state index >= 15 is 0 Å². The standard InChI is InChI=1S/C15H26N4O3/c1-4-15(5-2)12(21)19(13(22)18-15)8-11(20)17-14(3,9-16)10-6-7-10/h10H,4-9,16H2,1-3H3,(H,17,20)(H,18,22). The van der Waals surface area contributed by atoms with E-state index in [9.17, 15) is 14.4 Å². The maximum absolute atomic E-state index is 12.5. The van der Waals surface area contributed by atoms with Crippen molar-refractivity contribution in [3.8, 4) is 0 Å². The number of nitrogens with zero attached hydrogens (tertiary/aromatic N) is 1. The molecule has 7 heteroatoms. The SMILES string of the molecule is CCC1(CC)NC(=O)N(CC(=O)NC(C)(CN)C2CC2)C1=O. The number of hydrogen-bond donors (Lipinski definition) is 3. The first kappa shape index (κ1) is 16.7. The zero-order valence-corrected chi connectivity index (χ0v) is 13.6. The van der Waals surface area contributed by atoms with Gasteiger partial charge in [0.05, 0.1) is 5.54 Å². The summed E-state index contributed by atoms with van der Waals surface area (Å²) in [5.41, 5.74) is 4.45. The summed E-state index contributed by atoms with van der Waals surface area (Å²) in [5, 5.41) is 5.62. The van der Waals surface area contributed by atoms with E-state index in [1.807, 2.05) is 20.8 Å². The van der Waals surface area contributed by atoms with Crippen LogP contribution >= 0.6 is 0 Å². The van der Waals surface area contributed by atoms with Crippen molar-refractivity contribution in [2.45, 2.75) is 57.5 Å². The van der Waals surface area contributed by atoms with Crippen LogP contribution in [-0.4, -0.2) is 46.9 Å². The van der Waals surface area contributed by atoms with Gasteiger partial charge in [-0.25, -0.2) is 4.79 Å². The number of imide groups is 1. The average Bonchev–Trinajstić information content (AvgIpc) is 3.31. The molecule has 4 amide bonds. The van der Waals surface area contributed by atoms with Crippen molar-refractivity contribution in [2.75, 3.05) is 13.1 Å². The Morgan fingerprint density at radius 2 is 2.00 bits per heavy atom. The summed E-state index contributed by atoms with van der Waals surface area (Å²) in [6.07, 6.45) is 3.11. The molecule has 0 radical (unpaired) electrons. The monoisotopic (exact) mass is 310 g/mol. The Labute approximate surface area is 131 Å². The number of carbonyl (C=O) groups is 3. The van der Waals surface area contributed by atoms with Crippen molar-refractivity contribution < 1.29 is 14.4 Å². The highest BCUT2D eigenvalue weighted by molar-refractivity contribution is 6.09. The van der Waals surface area contributed by atoms with Gasteiger partial charge in [-0.1, -0.05) is 13.8 Å². The number of rotatable bonds is 7. The predicted molar refractivity (Wildman–Crippen MR) is 81.9 cm³/mol. The number of carbonyl (C=O) groups excluding carboxylic acids is 3. The predicted octanol–water partition coefficient (Wildman–Crippen LogP) is 0.341. The van der Waals surface area contributed by atoms with Crippen LogP contribution in [0.2, 0.25) is 0 Å². The van der Waals surface area contributed by atoms with Gasteiger partial charge in [0.25, 0.3) is 5.91 Å². The van der Waals surface area contributed by atoms with Gasteiger partial charge in [0.1, 0.15) is 12.1 Å². The first-order valence-electron chi connectivity index (χ1n) is 7.97. The highest BCUT2D eigenvalue weighted by atomic mass is 16.2. The summed E-state index contributed by atoms with van der Waals surface area (Å²) in [6, 6.07) is -0.496. The van der Waals surface area contributed by atoms with E-state index in [0.717, 1.165) is 17.7 Å². The molecule has 2 rings (SSSR count). The minimum Gasteiger partial charge on any atom is -0.348 e. The first-order valence-corrected chi connectivity index (χ1v) is 7.97. The summed E-state index contributed by atoms with van der Waals surface area (Å²) < 4.78 is 0. The Hall–Kier alpha value is -1.63. The molecule has 124 valence electrons. The van der Waals surface area contributed by atoms with Crippen LogP contribution in [0.3, 0.4) is 0 Å². The molecule has 7 nitrogen and oxygen atoms in total. The van der Waals surface area contributed by atoms with Gasteiger partial charge in [0, 0.05) is 6.54 Å². The van der Waals surface area contributed by atoms with Crippen LogP contribution in [-0.2, 0) is 9.59 Å². The number of urea groups is 1. The van der Waals surface area contributed by atoms with Gasteiger partial charge in [0.2, 0.25) is 5.91 Å². The van der Waals surface area contributed by atoms with Gasteiger partial charge in [-0.3, -0.25) is 14.5 Å². The molecule has 0 aromatic carbocycles. The Morgan fingerprint density at radius 1 is 1.41 bits per heavy atom. The highest BCUT2D eigenvalue weighted by Gasteiger charge is 2.49. The van der Waals surface area contributed by atoms with E-state index in [-0.39, 0.29) is 18.4 Å². The van der Waals surface area contributed by atoms with Crippen molar-refractivity contribution in [1.29, 1.82) is 0 Å². The van der Waals surface area contributed by atoms with Crippen LogP contribution in [0.15, 0.2) is 0 Å². The van der Waals surface area contributed by atoms with Crippen LogP contribution in [0.25, 0.3) is 0 Å². The van der Waals surface area contributed by atoms with Crippen LogP contribution in [0.5, 0.6) is 0 Å². The fraction of sp³-hybridized carbons (Fsp3) is 0.800. The Bertz CT molecular complexity index is 485. The highest BCUT2D eigenvalue weighted by Crippen LogP contribution is 2.39. The number of nitrogens with one attached hydrogen (secondary N) is 2. The Morgan fingerprint density at radius 3 is 2.41 bits per heavy atom. The van der Waals surface area contributed by atoms with E-state index < -0.39 is 17.1 Å². The third kappa shape index (κ3) is 2.82. The normalized spacial score (nSPS) is 23.2. The van der Waals surface area contributed by atoms with Gasteiger partial charge >= 0.3 is 6.03 Å². The smallest absolute Gasteiger partial charge is 0.325 e. The molecule has 0 aromatic heterocycles. The lowest BCUT2D eigenvalue weighted by Crippen LogP contribution is -2.56. The second-order valence-electron chi connectivity index (χ2n) is 6.55. The first-order chi connectivity index (χ1) is 10.3. The van der Waals surface area contributed by atoms with Gasteiger partial charge in [-0.05, 0) is 38.5 Å². The molecule has 1 heterocycles.